The molecule has 1 aliphatic rings. The first-order valence-corrected chi connectivity index (χ1v) is 13.3. The van der Waals surface area contributed by atoms with Gasteiger partial charge in [-0.1, -0.05) is 0 Å². The lowest BCUT2D eigenvalue weighted by Crippen LogP contribution is -2.25. The van der Waals surface area contributed by atoms with Crippen molar-refractivity contribution in [1.29, 1.82) is 31.6 Å². The van der Waals surface area contributed by atoms with Gasteiger partial charge in [0.05, 0.1) is 33.4 Å². The lowest BCUT2D eigenvalue weighted by Gasteiger charge is -2.18. The molecule has 24 heteroatoms. The molecule has 1 fully saturated rings. The van der Waals surface area contributed by atoms with Crippen molar-refractivity contribution >= 4 is 16.7 Å². The largest absolute Gasteiger partial charge is 0.451 e. The van der Waals surface area contributed by atoms with Crippen LogP contribution in [-0.4, -0.2) is 9.97 Å². The van der Waals surface area contributed by atoms with Gasteiger partial charge in [0.25, 0.3) is 0 Å². The zero-order valence-corrected chi connectivity index (χ0v) is 25.1. The van der Waals surface area contributed by atoms with Crippen LogP contribution in [0.3, 0.4) is 0 Å². The predicted octanol–water partition coefficient (Wildman–Crippen LogP) is 8.37. The van der Waals surface area contributed by atoms with Gasteiger partial charge in [0, 0.05) is 16.7 Å². The molecule has 0 atom stereocenters. The molecule has 0 unspecified atom stereocenters. The summed E-state index contributed by atoms with van der Waals surface area (Å²) in [4.78, 5) is 4.04. The Morgan fingerprint density at radius 2 is 0.673 bits per heavy atom. The number of rotatable bonds is 3. The van der Waals surface area contributed by atoms with E-state index in [1.54, 1.807) is 0 Å². The average Bonchev–Trinajstić information content (AvgIpc) is 3.81. The second kappa shape index (κ2) is 13.5. The summed E-state index contributed by atoms with van der Waals surface area (Å²) in [5.74, 6) is -21.3. The third-order valence-electron chi connectivity index (χ3n) is 7.14. The van der Waals surface area contributed by atoms with Crippen molar-refractivity contribution in [1.82, 2.24) is 9.97 Å². The molecule has 2 aromatic carbocycles. The minimum atomic E-state index is -6.44. The van der Waals surface area contributed by atoms with E-state index in [2.05, 4.69) is 0 Å². The van der Waals surface area contributed by atoms with E-state index in [1.807, 2.05) is 9.97 Å². The Labute approximate surface area is 291 Å². The van der Waals surface area contributed by atoms with Crippen LogP contribution in [0.4, 0.5) is 70.2 Å². The third-order valence-corrected chi connectivity index (χ3v) is 7.14. The number of alkyl halides is 9. The van der Waals surface area contributed by atoms with Crippen molar-refractivity contribution in [2.45, 2.75) is 18.5 Å². The Kier molecular flexibility index (Phi) is 9.91. The number of allylic oxidation sites excluding steroid dienone is 6. The van der Waals surface area contributed by atoms with E-state index in [1.165, 1.54) is 0 Å². The fourth-order valence-electron chi connectivity index (χ4n) is 4.92. The summed E-state index contributed by atoms with van der Waals surface area (Å²) in [5, 5.41) is 56.9. The van der Waals surface area contributed by atoms with Crippen LogP contribution in [0.25, 0.3) is 16.7 Å². The van der Waals surface area contributed by atoms with E-state index in [0.29, 0.717) is 12.1 Å². The van der Waals surface area contributed by atoms with E-state index in [9.17, 15) is 73.7 Å². The highest BCUT2D eigenvalue weighted by atomic mass is 19.4. The van der Waals surface area contributed by atoms with Crippen molar-refractivity contribution in [3.63, 3.8) is 0 Å². The molecular weight excluding hydrogens is 788 g/mol. The second-order valence-electron chi connectivity index (χ2n) is 10.1. The summed E-state index contributed by atoms with van der Waals surface area (Å²) in [5.41, 5.74) is -30.9. The van der Waals surface area contributed by atoms with Crippen LogP contribution >= 0.6 is 0 Å². The lowest BCUT2D eigenvalue weighted by molar-refractivity contribution is -0.159. The van der Waals surface area contributed by atoms with Gasteiger partial charge in [-0.15, -0.1) is 0 Å². The van der Waals surface area contributed by atoms with Gasteiger partial charge in [0.2, 0.25) is 5.82 Å². The maximum atomic E-state index is 15.6. The van der Waals surface area contributed by atoms with E-state index in [0.717, 1.165) is 24.3 Å². The van der Waals surface area contributed by atoms with Crippen molar-refractivity contribution in [2.75, 3.05) is 0 Å². The molecule has 55 heavy (non-hydrogen) atoms. The summed E-state index contributed by atoms with van der Waals surface area (Å²) in [6.45, 7) is 0. The van der Waals surface area contributed by atoms with Crippen LogP contribution in [-0.2, 0) is 18.5 Å². The molecule has 0 aliphatic heterocycles. The quantitative estimate of drug-likeness (QED) is 0.145. The SMILES string of the molecule is N#CC(=C1C(=C(C#N)c2c(F)c(F)c(C#N)c(F)c2F)C1=C(C#N)c1c(F)c(F)c(C#N)c(C#N)c1F)c1c(C(F)(F)F)nc(C(F)(F)F)nc1C(F)(F)F. The Bertz CT molecular complexity index is 2570. The molecule has 0 saturated heterocycles. The van der Waals surface area contributed by atoms with E-state index < -0.39 is 143 Å². The number of hydrogen-bond donors (Lipinski definition) is 0. The monoisotopic (exact) mass is 788 g/mol. The summed E-state index contributed by atoms with van der Waals surface area (Å²) < 4.78 is 231. The van der Waals surface area contributed by atoms with E-state index in [-0.39, 0.29) is 0 Å². The van der Waals surface area contributed by atoms with Gasteiger partial charge in [0.15, 0.2) is 52.1 Å². The number of aromatic nitrogens is 2. The molecule has 0 N–H and O–H groups in total. The van der Waals surface area contributed by atoms with Crippen LogP contribution < -0.4 is 0 Å². The van der Waals surface area contributed by atoms with Gasteiger partial charge in [-0.2, -0.15) is 71.1 Å². The van der Waals surface area contributed by atoms with Crippen molar-refractivity contribution in [3.8, 4) is 36.4 Å². The van der Waals surface area contributed by atoms with Gasteiger partial charge in [-0.3, -0.25) is 0 Å². The minimum Gasteiger partial charge on any atom is -0.219 e. The Morgan fingerprint density at radius 1 is 0.382 bits per heavy atom. The molecule has 0 amide bonds. The number of halogens is 16. The fraction of sp³-hybridized carbons (Fsp3) is 0.0968. The lowest BCUT2D eigenvalue weighted by atomic mass is 9.96. The number of hydrogen-bond acceptors (Lipinski definition) is 8. The number of benzene rings is 2. The molecule has 1 saturated carbocycles. The van der Waals surface area contributed by atoms with E-state index in [4.69, 9.17) is 10.5 Å². The van der Waals surface area contributed by atoms with Crippen molar-refractivity contribution < 1.29 is 70.2 Å². The maximum absolute atomic E-state index is 15.6. The fourth-order valence-corrected chi connectivity index (χ4v) is 4.92. The van der Waals surface area contributed by atoms with Gasteiger partial charge in [0.1, 0.15) is 53.1 Å². The van der Waals surface area contributed by atoms with Crippen molar-refractivity contribution in [3.05, 3.63) is 108 Å². The van der Waals surface area contributed by atoms with Gasteiger partial charge >= 0.3 is 18.5 Å². The molecule has 0 bridgehead atoms. The van der Waals surface area contributed by atoms with Gasteiger partial charge < -0.3 is 0 Å². The second-order valence-corrected chi connectivity index (χ2v) is 10.1. The summed E-state index contributed by atoms with van der Waals surface area (Å²) in [7, 11) is 0. The molecule has 276 valence electrons. The first kappa shape index (κ1) is 40.3. The summed E-state index contributed by atoms with van der Waals surface area (Å²) in [6.07, 6.45) is -19.1. The van der Waals surface area contributed by atoms with Crippen LogP contribution in [0.15, 0.2) is 16.7 Å². The molecule has 3 aromatic rings. The molecule has 0 spiro atoms. The summed E-state index contributed by atoms with van der Waals surface area (Å²) >= 11 is 0. The molecule has 1 heterocycles. The van der Waals surface area contributed by atoms with Crippen LogP contribution in [0, 0.1) is 109 Å². The molecule has 1 aliphatic carbocycles. The van der Waals surface area contributed by atoms with Crippen LogP contribution in [0.5, 0.6) is 0 Å². The predicted molar refractivity (Wildman–Crippen MR) is 141 cm³/mol. The highest BCUT2D eigenvalue weighted by Gasteiger charge is 2.52. The topological polar surface area (TPSA) is 169 Å². The van der Waals surface area contributed by atoms with E-state index >= 15 is 17.6 Å². The van der Waals surface area contributed by atoms with Crippen LogP contribution in [0.1, 0.15) is 50.6 Å². The van der Waals surface area contributed by atoms with Gasteiger partial charge in [-0.05, 0) is 0 Å². The highest BCUT2D eigenvalue weighted by molar-refractivity contribution is 6.12. The zero-order chi connectivity index (χ0) is 41.9. The number of nitrogens with zero attached hydrogens (tertiary/aromatic N) is 8. The molecule has 4 rings (SSSR count). The number of nitriles is 6. The van der Waals surface area contributed by atoms with Crippen molar-refractivity contribution in [2.24, 2.45) is 0 Å². The first-order chi connectivity index (χ1) is 25.4. The average molecular weight is 788 g/mol. The molecule has 8 nitrogen and oxygen atoms in total. The standard InChI is InChI=1S/C31F16N8/c32-19-7(1-48)8(2-49)20(33)23(36)16(19)9(3-50)13-14(10(4-51)17-24(37)21(34)12(6-53)22(35)25(17)38)15(13)11(5-52)18-26(29(39,40)41)54-28(31(45,46)47)55-27(18)30(42,43)44. The Balaban J connectivity index is 2.48. The smallest absolute Gasteiger partial charge is 0.219 e. The molecule has 1 aromatic heterocycles. The minimum absolute atomic E-state index is 0.632. The Morgan fingerprint density at radius 3 is 0.964 bits per heavy atom. The first-order valence-electron chi connectivity index (χ1n) is 13.3. The van der Waals surface area contributed by atoms with Gasteiger partial charge in [-0.25, -0.2) is 40.7 Å². The third kappa shape index (κ3) is 6.36. The molecular formula is C31F16N8. The Hall–Kier alpha value is -7.44. The summed E-state index contributed by atoms with van der Waals surface area (Å²) in [6, 6.07) is 4.67. The normalized spacial score (nSPS) is 15.5. The highest BCUT2D eigenvalue weighted by Crippen LogP contribution is 2.58. The zero-order valence-electron chi connectivity index (χ0n) is 25.1. The maximum Gasteiger partial charge on any atom is 0.451 e. The molecule has 0 radical (unpaired) electrons. The van der Waals surface area contributed by atoms with Crippen LogP contribution in [0.2, 0.25) is 0 Å².